The third-order valence-electron chi connectivity index (χ3n) is 8.63. The fourth-order valence-corrected chi connectivity index (χ4v) is 6.42. The van der Waals surface area contributed by atoms with Crippen molar-refractivity contribution in [1.82, 2.24) is 10.2 Å². The average Bonchev–Trinajstić information content (AvgIpc) is 3.75. The van der Waals surface area contributed by atoms with Gasteiger partial charge in [-0.25, -0.2) is 0 Å². The zero-order valence-corrected chi connectivity index (χ0v) is 33.2. The van der Waals surface area contributed by atoms with Gasteiger partial charge in [0.15, 0.2) is 0 Å². The monoisotopic (exact) mass is 800 g/mol. The topological polar surface area (TPSA) is 118 Å². The Morgan fingerprint density at radius 3 is 0.912 bits per heavy atom. The van der Waals surface area contributed by atoms with Crippen molar-refractivity contribution in [3.05, 3.63) is 108 Å². The highest BCUT2D eigenvalue weighted by atomic mass is 32.1. The second-order valence-electron chi connectivity index (χ2n) is 12.8. The maximum absolute atomic E-state index is 5.84. The van der Waals surface area contributed by atoms with Crippen LogP contribution < -0.4 is 9.47 Å². The number of hydrogen-bond acceptors (Lipinski definition) is 13. The number of ether oxygens (including phenoxy) is 10. The summed E-state index contributed by atoms with van der Waals surface area (Å²) in [4.78, 5) is 0. The molecule has 0 saturated carbocycles. The minimum absolute atomic E-state index is 0.442. The molecule has 9 heterocycles. The highest BCUT2D eigenvalue weighted by molar-refractivity contribution is 7.17. The van der Waals surface area contributed by atoms with Crippen LogP contribution in [0.15, 0.2) is 97.1 Å². The van der Waals surface area contributed by atoms with E-state index in [4.69, 9.17) is 47.4 Å². The van der Waals surface area contributed by atoms with Crippen LogP contribution in [0.4, 0.5) is 0 Å². The summed E-state index contributed by atoms with van der Waals surface area (Å²) < 4.78 is 57.1. The van der Waals surface area contributed by atoms with Crippen LogP contribution in [0, 0.1) is 0 Å². The maximum atomic E-state index is 5.84. The third kappa shape index (κ3) is 15.5. The van der Waals surface area contributed by atoms with Gasteiger partial charge in [0.2, 0.25) is 0 Å². The highest BCUT2D eigenvalue weighted by Crippen LogP contribution is 2.31. The van der Waals surface area contributed by atoms with Crippen LogP contribution in [0.25, 0.3) is 32.3 Å². The maximum Gasteiger partial charge on any atom is 0.148 e. The zero-order chi connectivity index (χ0) is 39.0. The van der Waals surface area contributed by atoms with Crippen molar-refractivity contribution >= 4 is 11.3 Å². The van der Waals surface area contributed by atoms with Crippen LogP contribution >= 0.6 is 11.3 Å². The van der Waals surface area contributed by atoms with E-state index >= 15 is 0 Å². The molecule has 0 amide bonds. The Morgan fingerprint density at radius 1 is 0.298 bits per heavy atom. The van der Waals surface area contributed by atoms with E-state index in [1.54, 1.807) is 0 Å². The summed E-state index contributed by atoms with van der Waals surface area (Å²) in [6.07, 6.45) is 0. The number of rotatable bonds is 0. The van der Waals surface area contributed by atoms with Gasteiger partial charge in [0, 0.05) is 11.1 Å². The molecule has 0 atom stereocenters. The van der Waals surface area contributed by atoms with Crippen LogP contribution in [-0.2, 0) is 51.1 Å². The van der Waals surface area contributed by atoms with Crippen LogP contribution in [0.5, 0.6) is 11.5 Å². The van der Waals surface area contributed by atoms with E-state index in [1.165, 1.54) is 11.3 Å². The van der Waals surface area contributed by atoms with E-state index in [0.717, 1.165) is 54.9 Å². The van der Waals surface area contributed by atoms with Gasteiger partial charge in [-0.05, 0) is 70.8 Å². The fourth-order valence-electron chi connectivity index (χ4n) is 5.57. The molecule has 0 unspecified atom stereocenters. The highest BCUT2D eigenvalue weighted by Gasteiger charge is 2.10. The summed E-state index contributed by atoms with van der Waals surface area (Å²) in [5.74, 6) is 1.53. The molecule has 0 aliphatic carbocycles. The molecule has 13 heteroatoms. The summed E-state index contributed by atoms with van der Waals surface area (Å²) in [6, 6.07) is 32.5. The normalized spacial score (nSPS) is 17.3. The molecule has 10 bridgehead atoms. The molecule has 0 fully saturated rings. The van der Waals surface area contributed by atoms with Gasteiger partial charge in [-0.1, -0.05) is 59.9 Å². The molecular weight excluding hydrogens is 749 g/mol. The summed E-state index contributed by atoms with van der Waals surface area (Å²) in [6.45, 7) is 8.90. The Balaban J connectivity index is 0.910. The van der Waals surface area contributed by atoms with Crippen molar-refractivity contribution in [2.24, 2.45) is 0 Å². The lowest BCUT2D eigenvalue weighted by molar-refractivity contribution is -0.00660. The van der Waals surface area contributed by atoms with Crippen molar-refractivity contribution in [1.29, 1.82) is 0 Å². The first-order valence-corrected chi connectivity index (χ1v) is 20.2. The second-order valence-corrected chi connectivity index (χ2v) is 13.8. The lowest BCUT2D eigenvalue weighted by Crippen LogP contribution is -2.13. The molecule has 8 aliphatic heterocycles. The standard InChI is InChI=1S/C44H52N2O10S/c1-5-37-6-2-35(1)33-53-27-25-49-19-17-47-21-23-51-29-31-55-41-13-9-39(10-14-41)43-45-46-44(57-43)40-11-15-42(16-12-40)56-32-30-52-24-22-48-18-20-50-26-28-54-34-36-3-7-38(37)8-4-36/h1-16H,17-34H2. The lowest BCUT2D eigenvalue weighted by Gasteiger charge is -2.09. The van der Waals surface area contributed by atoms with E-state index in [0.29, 0.717) is 119 Å². The van der Waals surface area contributed by atoms with E-state index < -0.39 is 0 Å². The molecule has 304 valence electrons. The molecule has 12 nitrogen and oxygen atoms in total. The molecule has 8 aliphatic rings. The zero-order valence-electron chi connectivity index (χ0n) is 32.4. The molecule has 0 saturated heterocycles. The third-order valence-corrected chi connectivity index (χ3v) is 9.65. The summed E-state index contributed by atoms with van der Waals surface area (Å²) in [5, 5.41) is 10.5. The van der Waals surface area contributed by atoms with E-state index in [9.17, 15) is 0 Å². The molecule has 0 radical (unpaired) electrons. The number of nitrogens with zero attached hydrogens (tertiary/aromatic N) is 2. The molecule has 57 heavy (non-hydrogen) atoms. The van der Waals surface area contributed by atoms with Crippen molar-refractivity contribution in [2.75, 3.05) is 106 Å². The molecule has 1 aromatic heterocycles. The van der Waals surface area contributed by atoms with Gasteiger partial charge in [0.05, 0.1) is 106 Å². The lowest BCUT2D eigenvalue weighted by atomic mass is 10.0. The minimum Gasteiger partial charge on any atom is -0.491 e. The summed E-state index contributed by atoms with van der Waals surface area (Å²) >= 11 is 1.53. The largest absolute Gasteiger partial charge is 0.491 e. The number of aromatic nitrogens is 2. The fraction of sp³-hybridized carbons (Fsp3) is 0.409. The smallest absolute Gasteiger partial charge is 0.148 e. The van der Waals surface area contributed by atoms with E-state index in [2.05, 4.69) is 58.7 Å². The van der Waals surface area contributed by atoms with Gasteiger partial charge in [-0.2, -0.15) is 0 Å². The van der Waals surface area contributed by atoms with Crippen LogP contribution in [0.3, 0.4) is 0 Å². The first kappa shape index (κ1) is 42.3. The van der Waals surface area contributed by atoms with E-state index in [-0.39, 0.29) is 0 Å². The van der Waals surface area contributed by atoms with Crippen molar-refractivity contribution in [2.45, 2.75) is 13.2 Å². The Kier molecular flexibility index (Phi) is 18.7. The van der Waals surface area contributed by atoms with Gasteiger partial charge in [-0.3, -0.25) is 0 Å². The van der Waals surface area contributed by atoms with Gasteiger partial charge in [0.25, 0.3) is 0 Å². The summed E-state index contributed by atoms with van der Waals surface area (Å²) in [7, 11) is 0. The van der Waals surface area contributed by atoms with E-state index in [1.807, 2.05) is 48.5 Å². The first-order valence-electron chi connectivity index (χ1n) is 19.4. The quantitative estimate of drug-likeness (QED) is 0.158. The average molecular weight is 801 g/mol. The first-order chi connectivity index (χ1) is 28.3. The molecular formula is C44H52N2O10S. The molecule has 4 aromatic carbocycles. The number of benzene rings is 4. The Labute approximate surface area is 338 Å². The Hall–Kier alpha value is -4.28. The molecule has 5 aromatic rings. The summed E-state index contributed by atoms with van der Waals surface area (Å²) in [5.41, 5.74) is 6.49. The predicted molar refractivity (Wildman–Crippen MR) is 218 cm³/mol. The predicted octanol–water partition coefficient (Wildman–Crippen LogP) is 7.14. The van der Waals surface area contributed by atoms with Gasteiger partial charge >= 0.3 is 0 Å². The second kappa shape index (κ2) is 25.2. The molecule has 0 N–H and O–H groups in total. The van der Waals surface area contributed by atoms with Crippen LogP contribution in [0.2, 0.25) is 0 Å². The Bertz CT molecular complexity index is 1670. The van der Waals surface area contributed by atoms with Gasteiger partial charge in [-0.15, -0.1) is 10.2 Å². The van der Waals surface area contributed by atoms with Crippen molar-refractivity contribution in [3.63, 3.8) is 0 Å². The van der Waals surface area contributed by atoms with Crippen LogP contribution in [-0.4, -0.2) is 116 Å². The van der Waals surface area contributed by atoms with Crippen molar-refractivity contribution in [3.8, 4) is 43.8 Å². The van der Waals surface area contributed by atoms with Gasteiger partial charge in [0.1, 0.15) is 34.7 Å². The minimum atomic E-state index is 0.442. The molecule has 13 rings (SSSR count). The van der Waals surface area contributed by atoms with Gasteiger partial charge < -0.3 is 47.4 Å². The van der Waals surface area contributed by atoms with Crippen LogP contribution in [0.1, 0.15) is 11.1 Å². The molecule has 0 spiro atoms. The SMILES string of the molecule is c1cc2ccc1COCCOCCOCCOCCOc1ccc(cc1)-c1nnc(s1)-c1ccc(cc1)OCCOCCOCCOCCOCc1ccc-2cc1. The Morgan fingerprint density at radius 2 is 0.579 bits per heavy atom. The number of hydrogen-bond donors (Lipinski definition) is 0. The van der Waals surface area contributed by atoms with Crippen molar-refractivity contribution < 1.29 is 47.4 Å².